The number of nitrogens with one attached hydrogen (secondary N) is 2. The molecule has 0 saturated carbocycles. The maximum Gasteiger partial charge on any atom is 0.439 e. The number of benzene rings is 1. The van der Waals surface area contributed by atoms with Crippen LogP contribution in [0.2, 0.25) is 0 Å². The van der Waals surface area contributed by atoms with Crippen LogP contribution >= 0.6 is 15.9 Å². The van der Waals surface area contributed by atoms with Gasteiger partial charge in [0.15, 0.2) is 0 Å². The third-order valence-corrected chi connectivity index (χ3v) is 3.21. The van der Waals surface area contributed by atoms with Crippen LogP contribution in [0.4, 0.5) is 9.59 Å². The Balaban J connectivity index is 2.38. The SMILES string of the molecule is CC(C)(C)OC(=O)N[C@@H](CBr)C(=O)OC(=O)NOCc1ccccc1. The number of alkyl halides is 1. The second-order valence-corrected chi connectivity index (χ2v) is 6.59. The lowest BCUT2D eigenvalue weighted by atomic mass is 10.2. The third-order valence-electron chi connectivity index (χ3n) is 2.56. The highest BCUT2D eigenvalue weighted by atomic mass is 79.9. The number of esters is 1. The van der Waals surface area contributed by atoms with Gasteiger partial charge in [-0.1, -0.05) is 46.3 Å². The van der Waals surface area contributed by atoms with Crippen molar-refractivity contribution in [3.05, 3.63) is 35.9 Å². The monoisotopic (exact) mass is 416 g/mol. The Morgan fingerprint density at radius 3 is 2.32 bits per heavy atom. The van der Waals surface area contributed by atoms with E-state index in [-0.39, 0.29) is 11.9 Å². The number of alkyl carbamates (subject to hydrolysis) is 1. The molecule has 0 fully saturated rings. The van der Waals surface area contributed by atoms with Gasteiger partial charge in [-0.25, -0.2) is 14.4 Å². The predicted octanol–water partition coefficient (Wildman–Crippen LogP) is 2.66. The van der Waals surface area contributed by atoms with E-state index in [2.05, 4.69) is 26.0 Å². The number of hydrogen-bond donors (Lipinski definition) is 2. The summed E-state index contributed by atoms with van der Waals surface area (Å²) in [5.74, 6) is -0.955. The summed E-state index contributed by atoms with van der Waals surface area (Å²) in [6.45, 7) is 5.17. The molecule has 0 bridgehead atoms. The normalized spacial score (nSPS) is 12.0. The molecule has 0 aliphatic rings. The smallest absolute Gasteiger partial charge is 0.439 e. The Morgan fingerprint density at radius 1 is 1.12 bits per heavy atom. The van der Waals surface area contributed by atoms with E-state index < -0.39 is 29.8 Å². The molecule has 0 radical (unpaired) electrons. The van der Waals surface area contributed by atoms with Crippen LogP contribution in [0.15, 0.2) is 30.3 Å². The van der Waals surface area contributed by atoms with Gasteiger partial charge in [0, 0.05) is 5.33 Å². The summed E-state index contributed by atoms with van der Waals surface area (Å²) >= 11 is 3.06. The topological polar surface area (TPSA) is 103 Å². The minimum Gasteiger partial charge on any atom is -0.444 e. The van der Waals surface area contributed by atoms with E-state index in [0.717, 1.165) is 5.56 Å². The second kappa shape index (κ2) is 10.00. The van der Waals surface area contributed by atoms with Crippen LogP contribution in [-0.4, -0.2) is 35.1 Å². The standard InChI is InChI=1S/C16H21BrN2O6/c1-16(2,3)25-14(21)18-12(9-17)13(20)24-15(22)19-23-10-11-7-5-4-6-8-11/h4-8,12H,9-10H2,1-3H3,(H,18,21)(H,19,22)/t12-/m0/s1. The van der Waals surface area contributed by atoms with Gasteiger partial charge >= 0.3 is 18.2 Å². The summed E-state index contributed by atoms with van der Waals surface area (Å²) in [6, 6.07) is 8.03. The number of halogens is 1. The van der Waals surface area contributed by atoms with Crippen LogP contribution in [-0.2, 0) is 25.7 Å². The summed E-state index contributed by atoms with van der Waals surface area (Å²) in [5.41, 5.74) is 2.11. The molecule has 9 heteroatoms. The number of hydrogen-bond acceptors (Lipinski definition) is 6. The van der Waals surface area contributed by atoms with Crippen LogP contribution < -0.4 is 10.8 Å². The van der Waals surface area contributed by atoms with Gasteiger partial charge in [-0.05, 0) is 26.3 Å². The van der Waals surface area contributed by atoms with Crippen molar-refractivity contribution in [1.29, 1.82) is 0 Å². The Kier molecular flexibility index (Phi) is 8.36. The number of carbonyl (C=O) groups is 3. The fraction of sp³-hybridized carbons (Fsp3) is 0.438. The molecule has 0 aliphatic heterocycles. The first-order chi connectivity index (χ1) is 11.7. The summed E-state index contributed by atoms with van der Waals surface area (Å²) in [6.07, 6.45) is -1.88. The lowest BCUT2D eigenvalue weighted by Crippen LogP contribution is -2.46. The van der Waals surface area contributed by atoms with Gasteiger partial charge in [-0.15, -0.1) is 0 Å². The van der Waals surface area contributed by atoms with Crippen molar-refractivity contribution in [2.75, 3.05) is 5.33 Å². The maximum absolute atomic E-state index is 11.9. The lowest BCUT2D eigenvalue weighted by Gasteiger charge is -2.21. The first-order valence-electron chi connectivity index (χ1n) is 7.44. The van der Waals surface area contributed by atoms with Crippen LogP contribution in [0.3, 0.4) is 0 Å². The Labute approximate surface area is 154 Å². The highest BCUT2D eigenvalue weighted by Crippen LogP contribution is 2.07. The highest BCUT2D eigenvalue weighted by molar-refractivity contribution is 9.09. The van der Waals surface area contributed by atoms with Crippen LogP contribution in [0.1, 0.15) is 26.3 Å². The second-order valence-electron chi connectivity index (χ2n) is 5.94. The minimum absolute atomic E-state index is 0.0449. The van der Waals surface area contributed by atoms with Gasteiger partial charge in [0.25, 0.3) is 0 Å². The van der Waals surface area contributed by atoms with Gasteiger partial charge in [0.2, 0.25) is 0 Å². The zero-order chi connectivity index (χ0) is 18.9. The molecule has 1 atom stereocenters. The van der Waals surface area contributed by atoms with E-state index in [0.29, 0.717) is 0 Å². The quantitative estimate of drug-likeness (QED) is 0.319. The molecule has 1 aromatic carbocycles. The van der Waals surface area contributed by atoms with Gasteiger partial charge in [-0.2, -0.15) is 5.48 Å². The molecular weight excluding hydrogens is 396 g/mol. The summed E-state index contributed by atoms with van der Waals surface area (Å²) in [4.78, 5) is 40.0. The Morgan fingerprint density at radius 2 is 1.76 bits per heavy atom. The van der Waals surface area contributed by atoms with Crippen molar-refractivity contribution in [2.45, 2.75) is 39.0 Å². The molecule has 0 spiro atoms. The van der Waals surface area contributed by atoms with E-state index in [1.54, 1.807) is 20.8 Å². The molecule has 138 valence electrons. The fourth-order valence-electron chi connectivity index (χ4n) is 1.55. The van der Waals surface area contributed by atoms with Crippen LogP contribution in [0.25, 0.3) is 0 Å². The molecule has 0 heterocycles. The maximum atomic E-state index is 11.9. The summed E-state index contributed by atoms with van der Waals surface area (Å²) in [5, 5.41) is 2.35. The minimum atomic E-state index is -1.09. The van der Waals surface area contributed by atoms with Gasteiger partial charge in [0.1, 0.15) is 11.6 Å². The number of ether oxygens (including phenoxy) is 2. The average molecular weight is 417 g/mol. The van der Waals surface area contributed by atoms with Crippen molar-refractivity contribution < 1.29 is 28.7 Å². The van der Waals surface area contributed by atoms with Crippen molar-refractivity contribution in [3.63, 3.8) is 0 Å². The number of rotatable bonds is 6. The summed E-state index contributed by atoms with van der Waals surface area (Å²) in [7, 11) is 0. The molecule has 8 nitrogen and oxygen atoms in total. The molecule has 2 amide bonds. The molecule has 1 aromatic rings. The molecule has 25 heavy (non-hydrogen) atoms. The molecule has 0 aliphatic carbocycles. The van der Waals surface area contributed by atoms with E-state index >= 15 is 0 Å². The first kappa shape index (κ1) is 20.9. The van der Waals surface area contributed by atoms with E-state index in [1.807, 2.05) is 35.8 Å². The van der Waals surface area contributed by atoms with Crippen molar-refractivity contribution in [1.82, 2.24) is 10.8 Å². The molecule has 0 unspecified atom stereocenters. The Bertz CT molecular complexity index is 588. The van der Waals surface area contributed by atoms with Crippen LogP contribution in [0.5, 0.6) is 0 Å². The molecule has 2 N–H and O–H groups in total. The van der Waals surface area contributed by atoms with Gasteiger partial charge in [0.05, 0.1) is 6.61 Å². The lowest BCUT2D eigenvalue weighted by molar-refractivity contribution is -0.140. The van der Waals surface area contributed by atoms with Crippen molar-refractivity contribution >= 4 is 34.1 Å². The van der Waals surface area contributed by atoms with Gasteiger partial charge < -0.3 is 14.8 Å². The van der Waals surface area contributed by atoms with E-state index in [4.69, 9.17) is 9.57 Å². The number of hydroxylamine groups is 1. The fourth-order valence-corrected chi connectivity index (χ4v) is 1.97. The Hall–Kier alpha value is -2.13. The third kappa shape index (κ3) is 9.06. The number of amides is 2. The molecule has 1 rings (SSSR count). The van der Waals surface area contributed by atoms with Crippen molar-refractivity contribution in [3.8, 4) is 0 Å². The molecular formula is C16H21BrN2O6. The molecule has 0 saturated heterocycles. The zero-order valence-electron chi connectivity index (χ0n) is 14.2. The zero-order valence-corrected chi connectivity index (χ0v) is 15.8. The highest BCUT2D eigenvalue weighted by Gasteiger charge is 2.26. The summed E-state index contributed by atoms with van der Waals surface area (Å²) < 4.78 is 9.59. The first-order valence-corrected chi connectivity index (χ1v) is 8.56. The number of carbonyl (C=O) groups excluding carboxylic acids is 3. The molecule has 0 aromatic heterocycles. The predicted molar refractivity (Wildman–Crippen MR) is 92.8 cm³/mol. The van der Waals surface area contributed by atoms with Crippen molar-refractivity contribution in [2.24, 2.45) is 0 Å². The van der Waals surface area contributed by atoms with Crippen LogP contribution in [0, 0.1) is 0 Å². The largest absolute Gasteiger partial charge is 0.444 e. The average Bonchev–Trinajstić information content (AvgIpc) is 2.51. The van der Waals surface area contributed by atoms with E-state index in [1.165, 1.54) is 0 Å². The van der Waals surface area contributed by atoms with Gasteiger partial charge in [-0.3, -0.25) is 4.84 Å². The van der Waals surface area contributed by atoms with E-state index in [9.17, 15) is 14.4 Å².